The molecule has 0 saturated carbocycles. The van der Waals surface area contributed by atoms with Crippen LogP contribution in [-0.2, 0) is 0 Å². The van der Waals surface area contributed by atoms with Gasteiger partial charge in [0.05, 0.1) is 7.11 Å². The van der Waals surface area contributed by atoms with Gasteiger partial charge in [-0.3, -0.25) is 4.90 Å². The van der Waals surface area contributed by atoms with E-state index in [1.54, 1.807) is 7.11 Å². The SMILES string of the molecule is COc1ccc(OCCN2CCCC(CCCl)C2)cc1. The van der Waals surface area contributed by atoms with Crippen LogP contribution in [0.3, 0.4) is 0 Å². The Balaban J connectivity index is 1.69. The first kappa shape index (κ1) is 15.5. The lowest BCUT2D eigenvalue weighted by Crippen LogP contribution is -2.38. The molecule has 1 atom stereocenters. The van der Waals surface area contributed by atoms with E-state index >= 15 is 0 Å². The molecule has 0 radical (unpaired) electrons. The Kier molecular flexibility index (Phi) is 6.48. The molecule has 3 nitrogen and oxygen atoms in total. The van der Waals surface area contributed by atoms with E-state index in [-0.39, 0.29) is 0 Å². The van der Waals surface area contributed by atoms with Gasteiger partial charge in [0, 0.05) is 19.0 Å². The van der Waals surface area contributed by atoms with Crippen LogP contribution in [0.2, 0.25) is 0 Å². The van der Waals surface area contributed by atoms with Crippen LogP contribution in [0.15, 0.2) is 24.3 Å². The number of alkyl halides is 1. The second-order valence-corrected chi connectivity index (χ2v) is 5.69. The van der Waals surface area contributed by atoms with Gasteiger partial charge in [0.2, 0.25) is 0 Å². The fourth-order valence-corrected chi connectivity index (χ4v) is 3.02. The Morgan fingerprint density at radius 2 is 2.00 bits per heavy atom. The maximum atomic E-state index is 5.84. The number of ether oxygens (including phenoxy) is 2. The summed E-state index contributed by atoms with van der Waals surface area (Å²) in [6.45, 7) is 4.08. The Morgan fingerprint density at radius 1 is 1.25 bits per heavy atom. The highest BCUT2D eigenvalue weighted by Gasteiger charge is 2.18. The molecule has 2 rings (SSSR count). The van der Waals surface area contributed by atoms with Gasteiger partial charge < -0.3 is 9.47 Å². The summed E-state index contributed by atoms with van der Waals surface area (Å²) in [6, 6.07) is 7.75. The quantitative estimate of drug-likeness (QED) is 0.720. The number of halogens is 1. The van der Waals surface area contributed by atoms with Gasteiger partial charge in [0.1, 0.15) is 18.1 Å². The molecule has 0 aromatic heterocycles. The molecule has 1 aromatic rings. The summed E-state index contributed by atoms with van der Waals surface area (Å²) in [4.78, 5) is 2.49. The molecular weight excluding hydrogens is 274 g/mol. The lowest BCUT2D eigenvalue weighted by molar-refractivity contribution is 0.145. The third-order valence-corrected chi connectivity index (χ3v) is 4.07. The normalized spacial score (nSPS) is 19.8. The summed E-state index contributed by atoms with van der Waals surface area (Å²) >= 11 is 5.84. The summed E-state index contributed by atoms with van der Waals surface area (Å²) in [6.07, 6.45) is 3.74. The molecule has 1 aliphatic rings. The highest BCUT2D eigenvalue weighted by Crippen LogP contribution is 2.20. The molecule has 112 valence electrons. The van der Waals surface area contributed by atoms with Crippen molar-refractivity contribution in [2.24, 2.45) is 5.92 Å². The van der Waals surface area contributed by atoms with Crippen molar-refractivity contribution in [1.82, 2.24) is 4.90 Å². The topological polar surface area (TPSA) is 21.7 Å². The van der Waals surface area contributed by atoms with Crippen molar-refractivity contribution in [3.63, 3.8) is 0 Å². The van der Waals surface area contributed by atoms with Gasteiger partial charge in [-0.1, -0.05) is 0 Å². The largest absolute Gasteiger partial charge is 0.497 e. The van der Waals surface area contributed by atoms with Crippen LogP contribution in [0.25, 0.3) is 0 Å². The van der Waals surface area contributed by atoms with E-state index in [4.69, 9.17) is 21.1 Å². The van der Waals surface area contributed by atoms with E-state index in [2.05, 4.69) is 4.90 Å². The van der Waals surface area contributed by atoms with E-state index < -0.39 is 0 Å². The van der Waals surface area contributed by atoms with Gasteiger partial charge in [0.15, 0.2) is 0 Å². The second kappa shape index (κ2) is 8.38. The highest BCUT2D eigenvalue weighted by atomic mass is 35.5. The Hall–Kier alpha value is -0.930. The minimum absolute atomic E-state index is 0.736. The van der Waals surface area contributed by atoms with Gasteiger partial charge in [-0.15, -0.1) is 11.6 Å². The summed E-state index contributed by atoms with van der Waals surface area (Å²) in [7, 11) is 1.67. The highest BCUT2D eigenvalue weighted by molar-refractivity contribution is 6.17. The molecule has 1 heterocycles. The van der Waals surface area contributed by atoms with Crippen molar-refractivity contribution < 1.29 is 9.47 Å². The molecule has 0 N–H and O–H groups in total. The van der Waals surface area contributed by atoms with Crippen molar-refractivity contribution in [2.45, 2.75) is 19.3 Å². The van der Waals surface area contributed by atoms with Crippen LogP contribution in [0.1, 0.15) is 19.3 Å². The molecule has 1 saturated heterocycles. The molecule has 1 unspecified atom stereocenters. The van der Waals surface area contributed by atoms with Crippen molar-refractivity contribution >= 4 is 11.6 Å². The number of hydrogen-bond donors (Lipinski definition) is 0. The van der Waals surface area contributed by atoms with Gasteiger partial charge in [0.25, 0.3) is 0 Å². The maximum Gasteiger partial charge on any atom is 0.119 e. The van der Waals surface area contributed by atoms with E-state index in [0.29, 0.717) is 0 Å². The standard InChI is InChI=1S/C16H24ClNO2/c1-19-15-4-6-16(7-5-15)20-12-11-18-10-2-3-14(13-18)8-9-17/h4-7,14H,2-3,8-13H2,1H3. The Labute approximate surface area is 126 Å². The molecular formula is C16H24ClNO2. The molecule has 4 heteroatoms. The third-order valence-electron chi connectivity index (χ3n) is 3.86. The first-order valence-electron chi connectivity index (χ1n) is 7.37. The van der Waals surface area contributed by atoms with Crippen molar-refractivity contribution in [2.75, 3.05) is 39.2 Å². The zero-order valence-corrected chi connectivity index (χ0v) is 12.9. The van der Waals surface area contributed by atoms with Crippen LogP contribution >= 0.6 is 11.6 Å². The van der Waals surface area contributed by atoms with Gasteiger partial charge in [-0.25, -0.2) is 0 Å². The number of benzene rings is 1. The summed E-state index contributed by atoms with van der Waals surface area (Å²) < 4.78 is 10.9. The van der Waals surface area contributed by atoms with E-state index in [0.717, 1.165) is 42.9 Å². The van der Waals surface area contributed by atoms with Gasteiger partial charge in [-0.2, -0.15) is 0 Å². The van der Waals surface area contributed by atoms with Gasteiger partial charge >= 0.3 is 0 Å². The number of likely N-dealkylation sites (tertiary alicyclic amines) is 1. The lowest BCUT2D eigenvalue weighted by atomic mass is 9.96. The minimum Gasteiger partial charge on any atom is -0.497 e. The molecule has 0 spiro atoms. The van der Waals surface area contributed by atoms with E-state index in [9.17, 15) is 0 Å². The van der Waals surface area contributed by atoms with Crippen LogP contribution in [0.4, 0.5) is 0 Å². The summed E-state index contributed by atoms with van der Waals surface area (Å²) in [5.74, 6) is 3.31. The number of methoxy groups -OCH3 is 1. The predicted octanol–water partition coefficient (Wildman–Crippen LogP) is 3.41. The van der Waals surface area contributed by atoms with Crippen molar-refractivity contribution in [3.8, 4) is 11.5 Å². The minimum atomic E-state index is 0.736. The van der Waals surface area contributed by atoms with E-state index in [1.165, 1.54) is 25.9 Å². The Morgan fingerprint density at radius 3 is 2.70 bits per heavy atom. The number of rotatable bonds is 7. The van der Waals surface area contributed by atoms with Crippen LogP contribution in [-0.4, -0.2) is 44.1 Å². The maximum absolute atomic E-state index is 5.84. The fraction of sp³-hybridized carbons (Fsp3) is 0.625. The Bertz CT molecular complexity index is 381. The summed E-state index contributed by atoms with van der Waals surface area (Å²) in [5.41, 5.74) is 0. The van der Waals surface area contributed by atoms with Crippen LogP contribution in [0, 0.1) is 5.92 Å². The average molecular weight is 298 g/mol. The molecule has 0 amide bonds. The zero-order valence-electron chi connectivity index (χ0n) is 12.2. The molecule has 0 bridgehead atoms. The van der Waals surface area contributed by atoms with Crippen LogP contribution < -0.4 is 9.47 Å². The number of piperidine rings is 1. The lowest BCUT2D eigenvalue weighted by Gasteiger charge is -2.32. The monoisotopic (exact) mass is 297 g/mol. The smallest absolute Gasteiger partial charge is 0.119 e. The van der Waals surface area contributed by atoms with E-state index in [1.807, 2.05) is 24.3 Å². The third kappa shape index (κ3) is 4.88. The zero-order chi connectivity index (χ0) is 14.2. The second-order valence-electron chi connectivity index (χ2n) is 5.31. The molecule has 1 fully saturated rings. The first-order valence-corrected chi connectivity index (χ1v) is 7.90. The molecule has 20 heavy (non-hydrogen) atoms. The fourth-order valence-electron chi connectivity index (χ4n) is 2.71. The molecule has 1 aliphatic heterocycles. The number of hydrogen-bond acceptors (Lipinski definition) is 3. The first-order chi connectivity index (χ1) is 9.81. The van der Waals surface area contributed by atoms with Gasteiger partial charge in [-0.05, 0) is 56.0 Å². The molecule has 1 aromatic carbocycles. The summed E-state index contributed by atoms with van der Waals surface area (Å²) in [5, 5.41) is 0. The predicted molar refractivity (Wildman–Crippen MR) is 83.0 cm³/mol. The van der Waals surface area contributed by atoms with Crippen molar-refractivity contribution in [3.05, 3.63) is 24.3 Å². The van der Waals surface area contributed by atoms with Crippen LogP contribution in [0.5, 0.6) is 11.5 Å². The average Bonchev–Trinajstić information content (AvgIpc) is 2.49. The molecule has 0 aliphatic carbocycles. The number of nitrogens with zero attached hydrogens (tertiary/aromatic N) is 1. The van der Waals surface area contributed by atoms with Crippen molar-refractivity contribution in [1.29, 1.82) is 0 Å².